The largest absolute Gasteiger partial charge is 0.363 e. The van der Waals surface area contributed by atoms with Gasteiger partial charge >= 0.3 is 0 Å². The summed E-state index contributed by atoms with van der Waals surface area (Å²) in [7, 11) is 0. The van der Waals surface area contributed by atoms with E-state index in [9.17, 15) is 0 Å². The summed E-state index contributed by atoms with van der Waals surface area (Å²) in [5.41, 5.74) is 9.96. The first-order valence-electron chi connectivity index (χ1n) is 2.36. The van der Waals surface area contributed by atoms with Crippen LogP contribution in [0.2, 0.25) is 0 Å². The molecule has 0 unspecified atom stereocenters. The summed E-state index contributed by atoms with van der Waals surface area (Å²) in [6.45, 7) is 1.91. The average Bonchev–Trinajstić information content (AvgIpc) is 1.30. The van der Waals surface area contributed by atoms with Crippen molar-refractivity contribution in [1.82, 2.24) is 0 Å². The van der Waals surface area contributed by atoms with Crippen LogP contribution >= 0.6 is 0 Å². The van der Waals surface area contributed by atoms with Crippen LogP contribution in [0.15, 0.2) is 0 Å². The van der Waals surface area contributed by atoms with E-state index in [4.69, 9.17) is 16.6 Å². The van der Waals surface area contributed by atoms with Gasteiger partial charge in [-0.15, -0.1) is 0 Å². The van der Waals surface area contributed by atoms with Crippen LogP contribution in [0.25, 0.3) is 0 Å². The first-order chi connectivity index (χ1) is 3.06. The molecule has 0 radical (unpaired) electrons. The fraction of sp³-hybridized carbons (Fsp3) is 1.00. The molecule has 0 atom stereocenters. The predicted molar refractivity (Wildman–Crippen MR) is 28.2 cm³/mol. The Morgan fingerprint density at radius 1 is 1.57 bits per heavy atom. The standard InChI is InChI=1S/C4H12N2O/c1-2-3-4(5,6)7/h7H,2-3,5-6H2,1H3. The Morgan fingerprint density at radius 3 is 2.00 bits per heavy atom. The Hall–Kier alpha value is -0.120. The van der Waals surface area contributed by atoms with Gasteiger partial charge in [-0.1, -0.05) is 13.3 Å². The van der Waals surface area contributed by atoms with Gasteiger partial charge in [0.05, 0.1) is 0 Å². The third-order valence-electron chi connectivity index (χ3n) is 0.650. The molecule has 3 nitrogen and oxygen atoms in total. The predicted octanol–water partition coefficient (Wildman–Crippen LogP) is -0.650. The molecular weight excluding hydrogens is 92.1 g/mol. The van der Waals surface area contributed by atoms with E-state index in [0.29, 0.717) is 6.42 Å². The van der Waals surface area contributed by atoms with Crippen LogP contribution in [0.4, 0.5) is 0 Å². The molecule has 0 heterocycles. The molecule has 0 aromatic heterocycles. The van der Waals surface area contributed by atoms with Crippen molar-refractivity contribution in [2.24, 2.45) is 11.5 Å². The van der Waals surface area contributed by atoms with Gasteiger partial charge in [0.1, 0.15) is 0 Å². The molecule has 7 heavy (non-hydrogen) atoms. The maximum atomic E-state index is 8.57. The topological polar surface area (TPSA) is 72.3 Å². The van der Waals surface area contributed by atoms with Crippen molar-refractivity contribution in [2.45, 2.75) is 25.6 Å². The van der Waals surface area contributed by atoms with E-state index in [-0.39, 0.29) is 0 Å². The lowest BCUT2D eigenvalue weighted by molar-refractivity contribution is 0.0441. The van der Waals surface area contributed by atoms with Crippen LogP contribution in [-0.2, 0) is 0 Å². The molecule has 0 fully saturated rings. The Balaban J connectivity index is 3.15. The number of aliphatic hydroxyl groups is 1. The Labute approximate surface area is 43.3 Å². The van der Waals surface area contributed by atoms with Crippen molar-refractivity contribution in [3.05, 3.63) is 0 Å². The van der Waals surface area contributed by atoms with Crippen molar-refractivity contribution in [3.63, 3.8) is 0 Å². The summed E-state index contributed by atoms with van der Waals surface area (Å²) in [4.78, 5) is 0. The summed E-state index contributed by atoms with van der Waals surface area (Å²) >= 11 is 0. The van der Waals surface area contributed by atoms with E-state index in [2.05, 4.69) is 0 Å². The molecule has 5 N–H and O–H groups in total. The minimum absolute atomic E-state index is 0.451. The first-order valence-corrected chi connectivity index (χ1v) is 2.36. The summed E-state index contributed by atoms with van der Waals surface area (Å²) in [6, 6.07) is 0. The van der Waals surface area contributed by atoms with Crippen LogP contribution in [0, 0.1) is 0 Å². The average molecular weight is 104 g/mol. The van der Waals surface area contributed by atoms with Crippen LogP contribution < -0.4 is 11.5 Å². The van der Waals surface area contributed by atoms with Gasteiger partial charge in [0.25, 0.3) is 0 Å². The minimum Gasteiger partial charge on any atom is -0.363 e. The molecule has 0 rings (SSSR count). The molecule has 0 aromatic carbocycles. The Morgan fingerprint density at radius 2 is 2.00 bits per heavy atom. The number of rotatable bonds is 2. The smallest absolute Gasteiger partial charge is 0.166 e. The molecule has 0 aliphatic rings. The zero-order valence-electron chi connectivity index (χ0n) is 4.52. The number of nitrogens with two attached hydrogens (primary N) is 2. The molecular formula is C4H12N2O. The third-order valence-corrected chi connectivity index (χ3v) is 0.650. The first kappa shape index (κ1) is 6.88. The molecule has 0 aliphatic carbocycles. The van der Waals surface area contributed by atoms with Crippen LogP contribution in [0.5, 0.6) is 0 Å². The van der Waals surface area contributed by atoms with Crippen molar-refractivity contribution in [3.8, 4) is 0 Å². The molecule has 0 aromatic rings. The minimum atomic E-state index is -1.45. The lowest BCUT2D eigenvalue weighted by Gasteiger charge is -2.14. The maximum Gasteiger partial charge on any atom is 0.166 e. The van der Waals surface area contributed by atoms with Gasteiger partial charge in [0, 0.05) is 6.42 Å². The zero-order valence-corrected chi connectivity index (χ0v) is 4.52. The third kappa shape index (κ3) is 5.88. The van der Waals surface area contributed by atoms with Gasteiger partial charge in [-0.3, -0.25) is 11.5 Å². The van der Waals surface area contributed by atoms with Gasteiger partial charge < -0.3 is 5.11 Å². The van der Waals surface area contributed by atoms with E-state index >= 15 is 0 Å². The van der Waals surface area contributed by atoms with Crippen molar-refractivity contribution in [1.29, 1.82) is 0 Å². The summed E-state index contributed by atoms with van der Waals surface area (Å²) < 4.78 is 0. The molecule has 0 bridgehead atoms. The van der Waals surface area contributed by atoms with E-state index < -0.39 is 5.85 Å². The quantitative estimate of drug-likeness (QED) is 0.408. The van der Waals surface area contributed by atoms with Crippen molar-refractivity contribution >= 4 is 0 Å². The monoisotopic (exact) mass is 104 g/mol. The SMILES string of the molecule is CCCC(N)(N)O. The summed E-state index contributed by atoms with van der Waals surface area (Å²) in [6.07, 6.45) is 1.26. The Bertz CT molecular complexity index is 48.1. The number of hydrogen-bond acceptors (Lipinski definition) is 3. The van der Waals surface area contributed by atoms with Crippen LogP contribution in [0.1, 0.15) is 19.8 Å². The molecule has 0 amide bonds. The normalized spacial score (nSPS) is 12.0. The Kier molecular flexibility index (Phi) is 2.22. The molecule has 0 spiro atoms. The van der Waals surface area contributed by atoms with E-state index in [1.165, 1.54) is 0 Å². The highest BCUT2D eigenvalue weighted by molar-refractivity contribution is 4.57. The second-order valence-corrected chi connectivity index (χ2v) is 1.74. The lowest BCUT2D eigenvalue weighted by atomic mass is 10.2. The van der Waals surface area contributed by atoms with Gasteiger partial charge in [-0.25, -0.2) is 0 Å². The fourth-order valence-corrected chi connectivity index (χ4v) is 0.400. The zero-order chi connectivity index (χ0) is 5.91. The highest BCUT2D eigenvalue weighted by atomic mass is 16.3. The van der Waals surface area contributed by atoms with E-state index in [1.807, 2.05) is 6.92 Å². The van der Waals surface area contributed by atoms with E-state index in [0.717, 1.165) is 6.42 Å². The van der Waals surface area contributed by atoms with Gasteiger partial charge in [0.15, 0.2) is 5.85 Å². The van der Waals surface area contributed by atoms with Crippen LogP contribution in [0.3, 0.4) is 0 Å². The van der Waals surface area contributed by atoms with E-state index in [1.54, 1.807) is 0 Å². The van der Waals surface area contributed by atoms with Gasteiger partial charge in [-0.2, -0.15) is 0 Å². The summed E-state index contributed by atoms with van der Waals surface area (Å²) in [5.74, 6) is -1.45. The van der Waals surface area contributed by atoms with Gasteiger partial charge in [0.2, 0.25) is 0 Å². The number of hydrogen-bond donors (Lipinski definition) is 3. The fourth-order valence-electron chi connectivity index (χ4n) is 0.400. The highest BCUT2D eigenvalue weighted by Crippen LogP contribution is 1.94. The molecule has 0 saturated heterocycles. The highest BCUT2D eigenvalue weighted by Gasteiger charge is 2.09. The maximum absolute atomic E-state index is 8.57. The van der Waals surface area contributed by atoms with Crippen molar-refractivity contribution in [2.75, 3.05) is 0 Å². The molecule has 3 heteroatoms. The van der Waals surface area contributed by atoms with Crippen molar-refractivity contribution < 1.29 is 5.11 Å². The van der Waals surface area contributed by atoms with Crippen LogP contribution in [-0.4, -0.2) is 11.0 Å². The second-order valence-electron chi connectivity index (χ2n) is 1.74. The second kappa shape index (κ2) is 2.26. The lowest BCUT2D eigenvalue weighted by Crippen LogP contribution is -2.48. The molecule has 44 valence electrons. The van der Waals surface area contributed by atoms with Gasteiger partial charge in [-0.05, 0) is 0 Å². The summed E-state index contributed by atoms with van der Waals surface area (Å²) in [5, 5.41) is 8.57. The molecule has 0 aliphatic heterocycles. The molecule has 0 saturated carbocycles.